The average Bonchev–Trinajstić information content (AvgIpc) is 2.20. The van der Waals surface area contributed by atoms with Crippen LogP contribution in [-0.4, -0.2) is 11.8 Å². The molecule has 3 N–H and O–H groups in total. The van der Waals surface area contributed by atoms with Crippen molar-refractivity contribution in [2.24, 2.45) is 5.73 Å². The van der Waals surface area contributed by atoms with Gasteiger partial charge in [0.15, 0.2) is 0 Å². The molecule has 2 amide bonds. The fourth-order valence-corrected chi connectivity index (χ4v) is 2.63. The number of hydrogen-bond donors (Lipinski definition) is 2. The fourth-order valence-electron chi connectivity index (χ4n) is 0.804. The summed E-state index contributed by atoms with van der Waals surface area (Å²) in [6, 6.07) is 7.75. The van der Waals surface area contributed by atoms with E-state index in [1.807, 2.05) is 31.2 Å². The van der Waals surface area contributed by atoms with E-state index in [4.69, 9.17) is 5.73 Å². The normalized spacial score (nSPS) is 9.67. The van der Waals surface area contributed by atoms with Gasteiger partial charge >= 0.3 is 11.8 Å². The lowest BCUT2D eigenvalue weighted by atomic mass is 10.2. The van der Waals surface area contributed by atoms with E-state index in [1.54, 1.807) is 0 Å². The Morgan fingerprint density at radius 2 is 2.00 bits per heavy atom. The molecule has 0 aliphatic carbocycles. The van der Waals surface area contributed by atoms with Gasteiger partial charge in [-0.1, -0.05) is 18.2 Å². The Morgan fingerprint density at radius 1 is 1.33 bits per heavy atom. The third kappa shape index (κ3) is 3.85. The van der Waals surface area contributed by atoms with E-state index in [1.165, 1.54) is 10.8 Å². The number of nitrogens with one attached hydrogen (secondary N) is 1. The molecule has 15 heavy (non-hydrogen) atoms. The van der Waals surface area contributed by atoms with Crippen LogP contribution in [0, 0.1) is 6.92 Å². The monoisotopic (exact) mass is 242 g/mol. The zero-order valence-corrected chi connectivity index (χ0v) is 9.65. The maximum atomic E-state index is 10.8. The van der Waals surface area contributed by atoms with Crippen LogP contribution < -0.4 is 10.5 Å². The summed E-state index contributed by atoms with van der Waals surface area (Å²) in [5.41, 5.74) is 5.89. The number of primary amides is 1. The molecular formula is C9H10N2O2S2. The highest BCUT2D eigenvalue weighted by Crippen LogP contribution is 2.30. The maximum Gasteiger partial charge on any atom is 0.319 e. The molecule has 0 saturated heterocycles. The highest BCUT2D eigenvalue weighted by Gasteiger charge is 2.08. The molecule has 0 radical (unpaired) electrons. The van der Waals surface area contributed by atoms with Crippen molar-refractivity contribution in [3.63, 3.8) is 0 Å². The molecule has 0 aliphatic rings. The van der Waals surface area contributed by atoms with Crippen LogP contribution in [-0.2, 0) is 9.59 Å². The van der Waals surface area contributed by atoms with Gasteiger partial charge in [-0.25, -0.2) is 0 Å². The Labute approximate surface area is 95.5 Å². The molecule has 0 aromatic heterocycles. The minimum Gasteiger partial charge on any atom is -0.361 e. The second-order valence-electron chi connectivity index (χ2n) is 2.73. The summed E-state index contributed by atoms with van der Waals surface area (Å²) in [5, 5.41) is 0. The first-order valence-electron chi connectivity index (χ1n) is 4.10. The molecule has 1 aromatic rings. The predicted octanol–water partition coefficient (Wildman–Crippen LogP) is 1.25. The van der Waals surface area contributed by atoms with Crippen LogP contribution in [0.25, 0.3) is 0 Å². The SMILES string of the molecule is Cc1ccccc1SSNC(=O)C(N)=O. The first kappa shape index (κ1) is 11.9. The number of nitrogens with two attached hydrogens (primary N) is 1. The van der Waals surface area contributed by atoms with Gasteiger partial charge in [-0.05, 0) is 29.3 Å². The van der Waals surface area contributed by atoms with Crippen molar-refractivity contribution in [3.05, 3.63) is 29.8 Å². The second kappa shape index (κ2) is 5.67. The van der Waals surface area contributed by atoms with Crippen molar-refractivity contribution in [1.29, 1.82) is 0 Å². The lowest BCUT2D eigenvalue weighted by Gasteiger charge is -2.03. The fraction of sp³-hybridized carbons (Fsp3) is 0.111. The summed E-state index contributed by atoms with van der Waals surface area (Å²) >= 11 is 0. The third-order valence-electron chi connectivity index (χ3n) is 1.58. The first-order chi connectivity index (χ1) is 7.11. The minimum absolute atomic E-state index is 0.791. The van der Waals surface area contributed by atoms with Crippen molar-refractivity contribution in [3.8, 4) is 0 Å². The Kier molecular flexibility index (Phi) is 4.51. The van der Waals surface area contributed by atoms with E-state index >= 15 is 0 Å². The van der Waals surface area contributed by atoms with Crippen LogP contribution in [0.5, 0.6) is 0 Å². The number of carbonyl (C=O) groups excluding carboxylic acids is 2. The largest absolute Gasteiger partial charge is 0.361 e. The molecule has 0 spiro atoms. The van der Waals surface area contributed by atoms with Gasteiger partial charge in [0, 0.05) is 15.9 Å². The zero-order valence-electron chi connectivity index (χ0n) is 8.02. The van der Waals surface area contributed by atoms with Crippen molar-refractivity contribution in [1.82, 2.24) is 4.72 Å². The van der Waals surface area contributed by atoms with Crippen molar-refractivity contribution in [2.45, 2.75) is 11.8 Å². The number of carbonyl (C=O) groups is 2. The molecule has 0 bridgehead atoms. The molecule has 80 valence electrons. The van der Waals surface area contributed by atoms with E-state index in [2.05, 4.69) is 4.72 Å². The third-order valence-corrected chi connectivity index (χ3v) is 3.61. The lowest BCUT2D eigenvalue weighted by molar-refractivity contribution is -0.136. The van der Waals surface area contributed by atoms with Crippen molar-refractivity contribution >= 4 is 33.6 Å². The average molecular weight is 242 g/mol. The van der Waals surface area contributed by atoms with Gasteiger partial charge in [0.2, 0.25) is 0 Å². The van der Waals surface area contributed by atoms with Crippen LogP contribution in [0.2, 0.25) is 0 Å². The summed E-state index contributed by atoms with van der Waals surface area (Å²) in [6.07, 6.45) is 0. The van der Waals surface area contributed by atoms with Gasteiger partial charge in [0.1, 0.15) is 0 Å². The second-order valence-corrected chi connectivity index (χ2v) is 4.70. The summed E-state index contributed by atoms with van der Waals surface area (Å²) < 4.78 is 2.32. The number of aryl methyl sites for hydroxylation is 1. The molecule has 0 unspecified atom stereocenters. The van der Waals surface area contributed by atoms with Crippen LogP contribution in [0.4, 0.5) is 0 Å². The maximum absolute atomic E-state index is 10.8. The highest BCUT2D eigenvalue weighted by molar-refractivity contribution is 8.76. The quantitative estimate of drug-likeness (QED) is 0.475. The first-order valence-corrected chi connectivity index (χ1v) is 6.25. The molecule has 1 aromatic carbocycles. The van der Waals surface area contributed by atoms with E-state index in [9.17, 15) is 9.59 Å². The van der Waals surface area contributed by atoms with Crippen LogP contribution in [0.15, 0.2) is 29.2 Å². The summed E-state index contributed by atoms with van der Waals surface area (Å²) in [5.74, 6) is -1.77. The minimum atomic E-state index is -0.979. The van der Waals surface area contributed by atoms with Crippen molar-refractivity contribution < 1.29 is 9.59 Å². The molecule has 0 saturated carbocycles. The standard InChI is InChI=1S/C9H10N2O2S2/c1-6-4-2-3-5-7(6)14-15-11-9(13)8(10)12/h2-5H,1H3,(H2,10,12)(H,11,13). The number of rotatable bonds is 3. The Morgan fingerprint density at radius 3 is 2.60 bits per heavy atom. The Bertz CT molecular complexity index is 382. The smallest absolute Gasteiger partial charge is 0.319 e. The van der Waals surface area contributed by atoms with Gasteiger partial charge in [0.25, 0.3) is 0 Å². The predicted molar refractivity (Wildman–Crippen MR) is 62.0 cm³/mol. The van der Waals surface area contributed by atoms with Gasteiger partial charge in [0.05, 0.1) is 0 Å². The van der Waals surface area contributed by atoms with Crippen LogP contribution >= 0.6 is 21.8 Å². The summed E-state index contributed by atoms with van der Waals surface area (Å²) in [4.78, 5) is 22.2. The van der Waals surface area contributed by atoms with E-state index < -0.39 is 11.8 Å². The molecule has 6 heteroatoms. The highest BCUT2D eigenvalue weighted by atomic mass is 33.1. The van der Waals surface area contributed by atoms with E-state index in [0.717, 1.165) is 21.4 Å². The molecule has 4 nitrogen and oxygen atoms in total. The Hall–Kier alpha value is -1.14. The summed E-state index contributed by atoms with van der Waals surface area (Å²) in [6.45, 7) is 1.97. The molecule has 0 fully saturated rings. The Balaban J connectivity index is 2.42. The molecule has 0 aliphatic heterocycles. The molecule has 0 atom stereocenters. The van der Waals surface area contributed by atoms with Gasteiger partial charge < -0.3 is 5.73 Å². The number of hydrogen-bond acceptors (Lipinski definition) is 4. The zero-order chi connectivity index (χ0) is 11.3. The molecule has 0 heterocycles. The van der Waals surface area contributed by atoms with Crippen LogP contribution in [0.1, 0.15) is 5.56 Å². The van der Waals surface area contributed by atoms with Gasteiger partial charge in [-0.15, -0.1) is 0 Å². The van der Waals surface area contributed by atoms with Gasteiger partial charge in [-0.2, -0.15) is 0 Å². The van der Waals surface area contributed by atoms with Gasteiger partial charge in [-0.3, -0.25) is 14.3 Å². The number of benzene rings is 1. The topological polar surface area (TPSA) is 72.2 Å². The molecule has 1 rings (SSSR count). The van der Waals surface area contributed by atoms with Crippen LogP contribution in [0.3, 0.4) is 0 Å². The molecular weight excluding hydrogens is 232 g/mol. The summed E-state index contributed by atoms with van der Waals surface area (Å²) in [7, 11) is 2.44. The number of amides is 2. The van der Waals surface area contributed by atoms with E-state index in [0.29, 0.717) is 0 Å². The van der Waals surface area contributed by atoms with E-state index in [-0.39, 0.29) is 0 Å². The lowest BCUT2D eigenvalue weighted by Crippen LogP contribution is -2.31. The van der Waals surface area contributed by atoms with Crippen molar-refractivity contribution in [2.75, 3.05) is 0 Å².